The number of fused-ring (bicyclic) bond motifs is 1. The molecule has 1 aliphatic carbocycles. The van der Waals surface area contributed by atoms with Gasteiger partial charge in [-0.15, -0.1) is 0 Å². The van der Waals surface area contributed by atoms with Crippen LogP contribution in [0.4, 0.5) is 0 Å². The van der Waals surface area contributed by atoms with Crippen molar-refractivity contribution >= 4 is 10.8 Å². The second-order valence-electron chi connectivity index (χ2n) is 5.01. The van der Waals surface area contributed by atoms with Gasteiger partial charge in [0, 0.05) is 24.9 Å². The van der Waals surface area contributed by atoms with E-state index >= 15 is 0 Å². The Labute approximate surface area is 107 Å². The zero-order valence-corrected chi connectivity index (χ0v) is 10.5. The summed E-state index contributed by atoms with van der Waals surface area (Å²) >= 11 is 0. The molecular formula is C15H18N2O. The fourth-order valence-corrected chi connectivity index (χ4v) is 2.67. The molecule has 1 fully saturated rings. The van der Waals surface area contributed by atoms with Crippen LogP contribution in [0.15, 0.2) is 36.7 Å². The van der Waals surface area contributed by atoms with Crippen LogP contribution in [0.25, 0.3) is 10.8 Å². The van der Waals surface area contributed by atoms with Crippen molar-refractivity contribution in [2.75, 3.05) is 7.11 Å². The van der Waals surface area contributed by atoms with E-state index in [1.807, 2.05) is 24.5 Å². The maximum absolute atomic E-state index is 6.41. The average molecular weight is 242 g/mol. The van der Waals surface area contributed by atoms with Crippen LogP contribution in [0.5, 0.6) is 0 Å². The molecule has 0 aliphatic heterocycles. The lowest BCUT2D eigenvalue weighted by atomic mass is 9.94. The molecule has 0 spiro atoms. The molecule has 2 atom stereocenters. The smallest absolute Gasteiger partial charge is 0.0792 e. The molecule has 3 heteroatoms. The lowest BCUT2D eigenvalue weighted by molar-refractivity contribution is 0.0628. The number of aromatic nitrogens is 1. The van der Waals surface area contributed by atoms with Crippen molar-refractivity contribution in [3.05, 3.63) is 42.2 Å². The number of methoxy groups -OCH3 is 1. The summed E-state index contributed by atoms with van der Waals surface area (Å²) in [6.07, 6.45) is 6.29. The molecule has 1 aromatic heterocycles. The van der Waals surface area contributed by atoms with E-state index in [1.165, 1.54) is 18.2 Å². The number of nitrogens with two attached hydrogens (primary N) is 1. The highest BCUT2D eigenvalue weighted by Gasteiger charge is 2.36. The number of hydrogen-bond acceptors (Lipinski definition) is 3. The fraction of sp³-hybridized carbons (Fsp3) is 0.400. The topological polar surface area (TPSA) is 48.1 Å². The molecule has 2 N–H and O–H groups in total. The minimum absolute atomic E-state index is 0.0615. The number of rotatable bonds is 4. The van der Waals surface area contributed by atoms with E-state index < -0.39 is 0 Å². The van der Waals surface area contributed by atoms with Gasteiger partial charge in [0.25, 0.3) is 0 Å². The van der Waals surface area contributed by atoms with Crippen LogP contribution in [-0.4, -0.2) is 18.2 Å². The normalized spacial score (nSPS) is 18.8. The number of benzene rings is 1. The van der Waals surface area contributed by atoms with Crippen LogP contribution in [-0.2, 0) is 4.74 Å². The molecule has 2 unspecified atom stereocenters. The zero-order chi connectivity index (χ0) is 12.5. The van der Waals surface area contributed by atoms with Gasteiger partial charge in [-0.05, 0) is 35.8 Å². The molecular weight excluding hydrogens is 224 g/mol. The minimum Gasteiger partial charge on any atom is -0.379 e. The number of hydrogen-bond donors (Lipinski definition) is 1. The molecule has 1 aliphatic rings. The van der Waals surface area contributed by atoms with Crippen molar-refractivity contribution in [1.82, 2.24) is 4.98 Å². The molecule has 94 valence electrons. The third kappa shape index (κ3) is 2.00. The predicted octanol–water partition coefficient (Wildman–Crippen LogP) is 2.66. The van der Waals surface area contributed by atoms with Gasteiger partial charge in [0.2, 0.25) is 0 Å². The molecule has 1 saturated carbocycles. The summed E-state index contributed by atoms with van der Waals surface area (Å²) in [5.41, 5.74) is 7.57. The van der Waals surface area contributed by atoms with Gasteiger partial charge < -0.3 is 10.5 Å². The standard InChI is InChI=1S/C15H18N2O/c1-18-15(10-5-6-10)14(16)13-4-2-3-11-9-17-8-7-12(11)13/h2-4,7-10,14-15H,5-6,16H2,1H3. The summed E-state index contributed by atoms with van der Waals surface area (Å²) in [6.45, 7) is 0. The highest BCUT2D eigenvalue weighted by atomic mass is 16.5. The van der Waals surface area contributed by atoms with Crippen LogP contribution < -0.4 is 5.73 Å². The maximum Gasteiger partial charge on any atom is 0.0792 e. The Morgan fingerprint density at radius 1 is 1.33 bits per heavy atom. The molecule has 3 rings (SSSR count). The number of ether oxygens (including phenoxy) is 1. The lowest BCUT2D eigenvalue weighted by Gasteiger charge is -2.23. The van der Waals surface area contributed by atoms with Gasteiger partial charge in [-0.25, -0.2) is 0 Å². The zero-order valence-electron chi connectivity index (χ0n) is 10.5. The van der Waals surface area contributed by atoms with E-state index in [4.69, 9.17) is 10.5 Å². The van der Waals surface area contributed by atoms with Crippen molar-refractivity contribution in [1.29, 1.82) is 0 Å². The Morgan fingerprint density at radius 2 is 2.17 bits per heavy atom. The summed E-state index contributed by atoms with van der Waals surface area (Å²) in [4.78, 5) is 4.15. The Bertz CT molecular complexity index is 546. The number of pyridine rings is 1. The summed E-state index contributed by atoms with van der Waals surface area (Å²) in [5, 5.41) is 2.32. The van der Waals surface area contributed by atoms with Crippen LogP contribution in [0.3, 0.4) is 0 Å². The average Bonchev–Trinajstić information content (AvgIpc) is 3.23. The van der Waals surface area contributed by atoms with Gasteiger partial charge in [0.15, 0.2) is 0 Å². The molecule has 3 nitrogen and oxygen atoms in total. The minimum atomic E-state index is -0.0615. The van der Waals surface area contributed by atoms with Gasteiger partial charge in [0.1, 0.15) is 0 Å². The molecule has 0 radical (unpaired) electrons. The van der Waals surface area contributed by atoms with E-state index in [1.54, 1.807) is 7.11 Å². The third-order valence-corrected chi connectivity index (χ3v) is 3.79. The van der Waals surface area contributed by atoms with Crippen LogP contribution >= 0.6 is 0 Å². The summed E-state index contributed by atoms with van der Waals surface area (Å²) in [5.74, 6) is 0.627. The first kappa shape index (κ1) is 11.6. The summed E-state index contributed by atoms with van der Waals surface area (Å²) in [7, 11) is 1.76. The van der Waals surface area contributed by atoms with Crippen molar-refractivity contribution in [3.63, 3.8) is 0 Å². The highest BCUT2D eigenvalue weighted by molar-refractivity contribution is 5.85. The maximum atomic E-state index is 6.41. The molecule has 0 bridgehead atoms. The first-order valence-electron chi connectivity index (χ1n) is 6.42. The van der Waals surface area contributed by atoms with Gasteiger partial charge in [-0.2, -0.15) is 0 Å². The van der Waals surface area contributed by atoms with Gasteiger partial charge >= 0.3 is 0 Å². The lowest BCUT2D eigenvalue weighted by Crippen LogP contribution is -2.30. The Balaban J connectivity index is 2.02. The molecule has 1 aromatic carbocycles. The largest absolute Gasteiger partial charge is 0.379 e. The second-order valence-corrected chi connectivity index (χ2v) is 5.01. The summed E-state index contributed by atoms with van der Waals surface area (Å²) in [6, 6.07) is 8.18. The quantitative estimate of drug-likeness (QED) is 0.896. The van der Waals surface area contributed by atoms with Crippen molar-refractivity contribution in [3.8, 4) is 0 Å². The van der Waals surface area contributed by atoms with Crippen LogP contribution in [0, 0.1) is 5.92 Å². The molecule has 18 heavy (non-hydrogen) atoms. The first-order chi connectivity index (χ1) is 8.81. The predicted molar refractivity (Wildman–Crippen MR) is 72.2 cm³/mol. The van der Waals surface area contributed by atoms with Gasteiger partial charge in [-0.3, -0.25) is 4.98 Å². The fourth-order valence-electron chi connectivity index (χ4n) is 2.67. The highest BCUT2D eigenvalue weighted by Crippen LogP contribution is 2.39. The van der Waals surface area contributed by atoms with E-state index in [0.717, 1.165) is 10.9 Å². The Morgan fingerprint density at radius 3 is 2.89 bits per heavy atom. The molecule has 0 amide bonds. The van der Waals surface area contributed by atoms with Crippen molar-refractivity contribution in [2.24, 2.45) is 11.7 Å². The Hall–Kier alpha value is -1.45. The van der Waals surface area contributed by atoms with E-state index in [-0.39, 0.29) is 12.1 Å². The SMILES string of the molecule is COC(C1CC1)C(N)c1cccc2cnccc12. The van der Waals surface area contributed by atoms with Gasteiger partial charge in [-0.1, -0.05) is 18.2 Å². The molecule has 0 saturated heterocycles. The first-order valence-corrected chi connectivity index (χ1v) is 6.42. The monoisotopic (exact) mass is 242 g/mol. The third-order valence-electron chi connectivity index (χ3n) is 3.79. The molecule has 2 aromatic rings. The van der Waals surface area contributed by atoms with E-state index in [2.05, 4.69) is 17.1 Å². The van der Waals surface area contributed by atoms with Crippen LogP contribution in [0.2, 0.25) is 0 Å². The van der Waals surface area contributed by atoms with Crippen LogP contribution in [0.1, 0.15) is 24.4 Å². The Kier molecular flexibility index (Phi) is 3.02. The number of nitrogens with zero attached hydrogens (tertiary/aromatic N) is 1. The van der Waals surface area contributed by atoms with E-state index in [9.17, 15) is 0 Å². The summed E-state index contributed by atoms with van der Waals surface area (Å²) < 4.78 is 5.60. The molecule has 1 heterocycles. The van der Waals surface area contributed by atoms with E-state index in [0.29, 0.717) is 5.92 Å². The van der Waals surface area contributed by atoms with Crippen molar-refractivity contribution < 1.29 is 4.74 Å². The van der Waals surface area contributed by atoms with Crippen molar-refractivity contribution in [2.45, 2.75) is 25.0 Å². The van der Waals surface area contributed by atoms with Gasteiger partial charge in [0.05, 0.1) is 12.1 Å². The second kappa shape index (κ2) is 4.67.